The Morgan fingerprint density at radius 2 is 2.18 bits per heavy atom. The van der Waals surface area contributed by atoms with E-state index in [9.17, 15) is 9.18 Å². The molecule has 3 nitrogen and oxygen atoms in total. The zero-order valence-electron chi connectivity index (χ0n) is 9.37. The summed E-state index contributed by atoms with van der Waals surface area (Å²) in [5, 5.41) is 2.70. The van der Waals surface area contributed by atoms with Crippen LogP contribution in [0.5, 0.6) is 0 Å². The second-order valence-electron chi connectivity index (χ2n) is 3.71. The quantitative estimate of drug-likeness (QED) is 0.893. The maximum absolute atomic E-state index is 13.0. The number of rotatable bonds is 4. The lowest BCUT2D eigenvalue weighted by Crippen LogP contribution is -2.31. The zero-order valence-corrected chi connectivity index (χ0v) is 11.8. The lowest BCUT2D eigenvalue weighted by Gasteiger charge is -2.10. The molecule has 0 radical (unpaired) electrons. The summed E-state index contributed by atoms with van der Waals surface area (Å²) in [5.74, 6) is -0.521. The van der Waals surface area contributed by atoms with Crippen LogP contribution in [-0.2, 0) is 0 Å². The van der Waals surface area contributed by atoms with Gasteiger partial charge in [-0.1, -0.05) is 22.9 Å². The normalized spacial score (nSPS) is 11.5. The van der Waals surface area contributed by atoms with Crippen molar-refractivity contribution in [3.63, 3.8) is 0 Å². The van der Waals surface area contributed by atoms with Crippen LogP contribution in [0.1, 0.15) is 17.3 Å². The first kappa shape index (κ1) is 16.4. The molecule has 0 bridgehead atoms. The van der Waals surface area contributed by atoms with Crippen molar-refractivity contribution in [2.75, 3.05) is 13.1 Å². The van der Waals surface area contributed by atoms with Crippen LogP contribution in [-0.4, -0.2) is 19.0 Å². The summed E-state index contributed by atoms with van der Waals surface area (Å²) >= 11 is 3.13. The fraction of sp³-hybridized carbons (Fsp3) is 0.364. The Labute approximate surface area is 114 Å². The predicted octanol–water partition coefficient (Wildman–Crippen LogP) is 2.33. The Hall–Kier alpha value is -0.650. The van der Waals surface area contributed by atoms with Crippen LogP contribution in [0.3, 0.4) is 0 Å². The van der Waals surface area contributed by atoms with Gasteiger partial charge < -0.3 is 11.1 Å². The molecule has 0 fully saturated rings. The highest BCUT2D eigenvalue weighted by molar-refractivity contribution is 9.10. The van der Waals surface area contributed by atoms with Gasteiger partial charge in [0, 0.05) is 16.6 Å². The largest absolute Gasteiger partial charge is 0.352 e. The Morgan fingerprint density at radius 1 is 1.53 bits per heavy atom. The summed E-state index contributed by atoms with van der Waals surface area (Å²) in [4.78, 5) is 11.6. The van der Waals surface area contributed by atoms with E-state index in [-0.39, 0.29) is 24.2 Å². The molecule has 1 atom stereocenters. The summed E-state index contributed by atoms with van der Waals surface area (Å²) in [7, 11) is 0. The van der Waals surface area contributed by atoms with Crippen molar-refractivity contribution in [3.8, 4) is 0 Å². The van der Waals surface area contributed by atoms with Gasteiger partial charge in [0.1, 0.15) is 5.82 Å². The molecule has 0 spiro atoms. The van der Waals surface area contributed by atoms with Crippen molar-refractivity contribution in [1.82, 2.24) is 5.32 Å². The van der Waals surface area contributed by atoms with Gasteiger partial charge in [-0.15, -0.1) is 12.4 Å². The summed E-state index contributed by atoms with van der Waals surface area (Å²) in [6, 6.07) is 4.08. The van der Waals surface area contributed by atoms with Crippen molar-refractivity contribution in [2.45, 2.75) is 6.92 Å². The van der Waals surface area contributed by atoms with Crippen LogP contribution in [0.25, 0.3) is 0 Å². The van der Waals surface area contributed by atoms with Crippen molar-refractivity contribution < 1.29 is 9.18 Å². The fourth-order valence-electron chi connectivity index (χ4n) is 1.14. The molecule has 1 aromatic rings. The number of hydrogen-bond donors (Lipinski definition) is 2. The lowest BCUT2D eigenvalue weighted by molar-refractivity contribution is 0.0948. The molecule has 96 valence electrons. The van der Waals surface area contributed by atoms with Gasteiger partial charge in [-0.05, 0) is 30.7 Å². The Kier molecular flexibility index (Phi) is 7.34. The molecule has 1 aromatic carbocycles. The molecule has 0 aliphatic heterocycles. The molecule has 0 saturated heterocycles. The van der Waals surface area contributed by atoms with Crippen LogP contribution in [0.4, 0.5) is 4.39 Å². The number of nitrogens with one attached hydrogen (secondary N) is 1. The minimum Gasteiger partial charge on any atom is -0.352 e. The first-order valence-corrected chi connectivity index (χ1v) is 5.76. The zero-order chi connectivity index (χ0) is 12.1. The number of carbonyl (C=O) groups is 1. The van der Waals surface area contributed by atoms with E-state index in [2.05, 4.69) is 21.2 Å². The molecule has 0 saturated carbocycles. The number of halogens is 3. The standard InChI is InChI=1S/C11H14BrFN2O.ClH/c1-7(5-14)6-15-11(16)8-2-9(12)4-10(13)3-8;/h2-4,7H,5-6,14H2,1H3,(H,15,16);1H. The average Bonchev–Trinajstić information content (AvgIpc) is 2.23. The van der Waals surface area contributed by atoms with Crippen LogP contribution < -0.4 is 11.1 Å². The molecular weight excluding hydrogens is 310 g/mol. The predicted molar refractivity (Wildman–Crippen MR) is 71.9 cm³/mol. The van der Waals surface area contributed by atoms with E-state index in [1.54, 1.807) is 6.07 Å². The van der Waals surface area contributed by atoms with Gasteiger partial charge in [0.05, 0.1) is 0 Å². The number of nitrogens with two attached hydrogens (primary N) is 1. The van der Waals surface area contributed by atoms with E-state index in [0.29, 0.717) is 23.1 Å². The first-order chi connectivity index (χ1) is 7.52. The minimum absolute atomic E-state index is 0. The Bertz CT molecular complexity index is 369. The summed E-state index contributed by atoms with van der Waals surface area (Å²) in [6.45, 7) is 2.93. The highest BCUT2D eigenvalue weighted by Crippen LogP contribution is 2.14. The SMILES string of the molecule is CC(CN)CNC(=O)c1cc(F)cc(Br)c1.Cl. The third kappa shape index (κ3) is 5.48. The number of carbonyl (C=O) groups excluding carboxylic acids is 1. The second kappa shape index (κ2) is 7.63. The maximum atomic E-state index is 13.0. The van der Waals surface area contributed by atoms with Crippen molar-refractivity contribution >= 4 is 34.2 Å². The summed E-state index contributed by atoms with van der Waals surface area (Å²) in [5.41, 5.74) is 5.73. The number of benzene rings is 1. The fourth-order valence-corrected chi connectivity index (χ4v) is 1.60. The Balaban J connectivity index is 0.00000256. The van der Waals surface area contributed by atoms with E-state index in [1.165, 1.54) is 12.1 Å². The van der Waals surface area contributed by atoms with Crippen molar-refractivity contribution in [3.05, 3.63) is 34.1 Å². The van der Waals surface area contributed by atoms with Crippen LogP contribution in [0.2, 0.25) is 0 Å². The van der Waals surface area contributed by atoms with Gasteiger partial charge in [-0.2, -0.15) is 0 Å². The molecule has 3 N–H and O–H groups in total. The van der Waals surface area contributed by atoms with Gasteiger partial charge in [-0.3, -0.25) is 4.79 Å². The van der Waals surface area contributed by atoms with E-state index in [4.69, 9.17) is 5.73 Å². The smallest absolute Gasteiger partial charge is 0.251 e. The molecule has 0 aliphatic rings. The van der Waals surface area contributed by atoms with Crippen molar-refractivity contribution in [1.29, 1.82) is 0 Å². The van der Waals surface area contributed by atoms with Gasteiger partial charge in [0.25, 0.3) is 5.91 Å². The molecule has 6 heteroatoms. The Morgan fingerprint density at radius 3 is 2.71 bits per heavy atom. The summed E-state index contributed by atoms with van der Waals surface area (Å²) in [6.07, 6.45) is 0. The van der Waals surface area contributed by atoms with Gasteiger partial charge in [-0.25, -0.2) is 4.39 Å². The minimum atomic E-state index is -0.439. The number of hydrogen-bond acceptors (Lipinski definition) is 2. The van der Waals surface area contributed by atoms with Crippen LogP contribution in [0.15, 0.2) is 22.7 Å². The average molecular weight is 326 g/mol. The van der Waals surface area contributed by atoms with Crippen LogP contribution in [0, 0.1) is 11.7 Å². The molecule has 1 amide bonds. The number of amides is 1. The molecular formula is C11H15BrClFN2O. The maximum Gasteiger partial charge on any atom is 0.251 e. The molecule has 1 unspecified atom stereocenters. The van der Waals surface area contributed by atoms with Crippen molar-refractivity contribution in [2.24, 2.45) is 11.7 Å². The third-order valence-corrected chi connectivity index (χ3v) is 2.60. The van der Waals surface area contributed by atoms with Gasteiger partial charge in [0.15, 0.2) is 0 Å². The van der Waals surface area contributed by atoms with E-state index in [0.717, 1.165) is 0 Å². The van der Waals surface area contributed by atoms with E-state index >= 15 is 0 Å². The lowest BCUT2D eigenvalue weighted by atomic mass is 10.1. The molecule has 0 aliphatic carbocycles. The molecule has 0 heterocycles. The van der Waals surface area contributed by atoms with E-state index < -0.39 is 5.82 Å². The molecule has 17 heavy (non-hydrogen) atoms. The third-order valence-electron chi connectivity index (χ3n) is 2.14. The van der Waals surface area contributed by atoms with Gasteiger partial charge in [0.2, 0.25) is 0 Å². The highest BCUT2D eigenvalue weighted by Gasteiger charge is 2.09. The first-order valence-electron chi connectivity index (χ1n) is 4.97. The van der Waals surface area contributed by atoms with Crippen LogP contribution >= 0.6 is 28.3 Å². The summed E-state index contributed by atoms with van der Waals surface area (Å²) < 4.78 is 13.6. The molecule has 0 aromatic heterocycles. The van der Waals surface area contributed by atoms with Gasteiger partial charge >= 0.3 is 0 Å². The molecule has 1 rings (SSSR count). The topological polar surface area (TPSA) is 55.1 Å². The highest BCUT2D eigenvalue weighted by atomic mass is 79.9. The van der Waals surface area contributed by atoms with E-state index in [1.807, 2.05) is 6.92 Å². The second-order valence-corrected chi connectivity index (χ2v) is 4.62. The monoisotopic (exact) mass is 324 g/mol.